The van der Waals surface area contributed by atoms with Crippen LogP contribution in [0.15, 0.2) is 0 Å². The van der Waals surface area contributed by atoms with E-state index in [-0.39, 0.29) is 5.91 Å². The minimum Gasteiger partial charge on any atom is -0.384 e. The minimum absolute atomic E-state index is 0.236. The van der Waals surface area contributed by atoms with Crippen LogP contribution in [0.1, 0.15) is 33.1 Å². The first-order valence-corrected chi connectivity index (χ1v) is 6.73. The number of nitrogens with zero attached hydrogens (tertiary/aromatic N) is 1. The summed E-state index contributed by atoms with van der Waals surface area (Å²) in [6.45, 7) is 7.68. The summed E-state index contributed by atoms with van der Waals surface area (Å²) in [5.41, 5.74) is 0. The van der Waals surface area contributed by atoms with Gasteiger partial charge in [0.05, 0.1) is 13.0 Å². The summed E-state index contributed by atoms with van der Waals surface area (Å²) in [5.74, 6) is 0.829. The van der Waals surface area contributed by atoms with E-state index in [1.54, 1.807) is 7.11 Å². The molecule has 0 aliphatic carbocycles. The molecule has 0 aromatic rings. The number of rotatable bonds is 6. The third-order valence-corrected chi connectivity index (χ3v) is 3.60. The molecular formula is C13H26N2O2. The molecule has 0 aromatic heterocycles. The lowest BCUT2D eigenvalue weighted by molar-refractivity contribution is -0.134. The second kappa shape index (κ2) is 7.67. The summed E-state index contributed by atoms with van der Waals surface area (Å²) < 4.78 is 4.96. The zero-order chi connectivity index (χ0) is 12.7. The maximum atomic E-state index is 11.9. The number of hydrogen-bond donors (Lipinski definition) is 1. The molecule has 1 heterocycles. The average molecular weight is 242 g/mol. The number of piperidine rings is 1. The first-order chi connectivity index (χ1) is 8.22. The highest BCUT2D eigenvalue weighted by Crippen LogP contribution is 2.20. The number of hydrogen-bond acceptors (Lipinski definition) is 3. The van der Waals surface area contributed by atoms with E-state index in [2.05, 4.69) is 19.2 Å². The number of carbonyl (C=O) groups is 1. The minimum atomic E-state index is 0.236. The third-order valence-electron chi connectivity index (χ3n) is 3.60. The molecule has 2 atom stereocenters. The molecule has 0 aromatic carbocycles. The summed E-state index contributed by atoms with van der Waals surface area (Å²) in [6, 6.07) is 0.580. The van der Waals surface area contributed by atoms with E-state index >= 15 is 0 Å². The van der Waals surface area contributed by atoms with Crippen molar-refractivity contribution >= 4 is 5.91 Å². The lowest BCUT2D eigenvalue weighted by Crippen LogP contribution is -2.51. The molecule has 1 rings (SSSR count). The molecule has 1 fully saturated rings. The molecular weight excluding hydrogens is 216 g/mol. The van der Waals surface area contributed by atoms with Crippen molar-refractivity contribution in [3.8, 4) is 0 Å². The summed E-state index contributed by atoms with van der Waals surface area (Å²) in [5, 5.41) is 3.53. The van der Waals surface area contributed by atoms with E-state index in [4.69, 9.17) is 4.74 Å². The largest absolute Gasteiger partial charge is 0.384 e. The Balaban J connectivity index is 2.44. The van der Waals surface area contributed by atoms with Gasteiger partial charge in [-0.2, -0.15) is 0 Å². The maximum Gasteiger partial charge on any atom is 0.224 e. The molecule has 0 radical (unpaired) electrons. The van der Waals surface area contributed by atoms with Crippen LogP contribution in [0, 0.1) is 5.92 Å². The average Bonchev–Trinajstić information content (AvgIpc) is 2.36. The Labute approximate surface area is 105 Å². The van der Waals surface area contributed by atoms with E-state index < -0.39 is 0 Å². The van der Waals surface area contributed by atoms with E-state index in [1.165, 1.54) is 0 Å². The topological polar surface area (TPSA) is 41.6 Å². The first kappa shape index (κ1) is 14.5. The Hall–Kier alpha value is -0.610. The van der Waals surface area contributed by atoms with Gasteiger partial charge in [-0.3, -0.25) is 4.79 Å². The predicted molar refractivity (Wildman–Crippen MR) is 68.9 cm³/mol. The molecule has 2 unspecified atom stereocenters. The highest BCUT2D eigenvalue weighted by Gasteiger charge is 2.29. The van der Waals surface area contributed by atoms with Crippen molar-refractivity contribution in [1.82, 2.24) is 10.2 Å². The molecule has 0 bridgehead atoms. The van der Waals surface area contributed by atoms with Gasteiger partial charge >= 0.3 is 0 Å². The molecule has 1 saturated heterocycles. The van der Waals surface area contributed by atoms with Gasteiger partial charge in [0.15, 0.2) is 0 Å². The summed E-state index contributed by atoms with van der Waals surface area (Å²) in [4.78, 5) is 13.9. The SMILES string of the molecule is CCNC1CCN(C(=O)CCOC)CC1CC. The van der Waals surface area contributed by atoms with Crippen LogP contribution in [0.2, 0.25) is 0 Å². The molecule has 17 heavy (non-hydrogen) atoms. The van der Waals surface area contributed by atoms with Crippen molar-refractivity contribution in [2.75, 3.05) is 33.4 Å². The Bertz CT molecular complexity index is 233. The van der Waals surface area contributed by atoms with E-state index in [0.29, 0.717) is 25.0 Å². The molecule has 1 aliphatic rings. The number of likely N-dealkylation sites (tertiary alicyclic amines) is 1. The van der Waals surface area contributed by atoms with Gasteiger partial charge in [-0.1, -0.05) is 20.3 Å². The van der Waals surface area contributed by atoms with E-state index in [0.717, 1.165) is 32.5 Å². The Morgan fingerprint density at radius 2 is 2.24 bits per heavy atom. The molecule has 0 saturated carbocycles. The molecule has 0 spiro atoms. The number of ether oxygens (including phenoxy) is 1. The lowest BCUT2D eigenvalue weighted by Gasteiger charge is -2.38. The Morgan fingerprint density at radius 1 is 1.47 bits per heavy atom. The zero-order valence-corrected chi connectivity index (χ0v) is 11.4. The Kier molecular flexibility index (Phi) is 6.52. The van der Waals surface area contributed by atoms with Crippen molar-refractivity contribution in [2.24, 2.45) is 5.92 Å². The summed E-state index contributed by atoms with van der Waals surface area (Å²) in [7, 11) is 1.64. The Morgan fingerprint density at radius 3 is 2.82 bits per heavy atom. The second-order valence-electron chi connectivity index (χ2n) is 4.70. The molecule has 1 amide bonds. The van der Waals surface area contributed by atoms with Crippen LogP contribution in [0.5, 0.6) is 0 Å². The third kappa shape index (κ3) is 4.28. The van der Waals surface area contributed by atoms with Crippen molar-refractivity contribution in [1.29, 1.82) is 0 Å². The number of carbonyl (C=O) groups excluding carboxylic acids is 1. The fourth-order valence-corrected chi connectivity index (χ4v) is 2.55. The van der Waals surface area contributed by atoms with Gasteiger partial charge in [0.2, 0.25) is 5.91 Å². The van der Waals surface area contributed by atoms with Gasteiger partial charge in [-0.05, 0) is 18.9 Å². The highest BCUT2D eigenvalue weighted by atomic mass is 16.5. The number of methoxy groups -OCH3 is 1. The first-order valence-electron chi connectivity index (χ1n) is 6.73. The number of nitrogens with one attached hydrogen (secondary N) is 1. The van der Waals surface area contributed by atoms with Gasteiger partial charge in [-0.25, -0.2) is 0 Å². The quantitative estimate of drug-likeness (QED) is 0.762. The van der Waals surface area contributed by atoms with Crippen LogP contribution < -0.4 is 5.32 Å². The molecule has 1 N–H and O–H groups in total. The second-order valence-corrected chi connectivity index (χ2v) is 4.70. The number of amides is 1. The van der Waals surface area contributed by atoms with Crippen LogP contribution in [-0.2, 0) is 9.53 Å². The molecule has 4 nitrogen and oxygen atoms in total. The van der Waals surface area contributed by atoms with Crippen LogP contribution in [0.3, 0.4) is 0 Å². The molecule has 100 valence electrons. The fourth-order valence-electron chi connectivity index (χ4n) is 2.55. The van der Waals surface area contributed by atoms with Crippen molar-refractivity contribution in [2.45, 2.75) is 39.2 Å². The summed E-state index contributed by atoms with van der Waals surface area (Å²) >= 11 is 0. The predicted octanol–water partition coefficient (Wildman–Crippen LogP) is 1.26. The van der Waals surface area contributed by atoms with Gasteiger partial charge in [0, 0.05) is 26.2 Å². The fraction of sp³-hybridized carbons (Fsp3) is 0.923. The summed E-state index contributed by atoms with van der Waals surface area (Å²) in [6.07, 6.45) is 2.72. The maximum absolute atomic E-state index is 11.9. The van der Waals surface area contributed by atoms with E-state index in [1.807, 2.05) is 4.90 Å². The van der Waals surface area contributed by atoms with Crippen molar-refractivity contribution < 1.29 is 9.53 Å². The lowest BCUT2D eigenvalue weighted by atomic mass is 9.89. The molecule has 1 aliphatic heterocycles. The van der Waals surface area contributed by atoms with Gasteiger partial charge in [0.25, 0.3) is 0 Å². The van der Waals surface area contributed by atoms with E-state index in [9.17, 15) is 4.79 Å². The van der Waals surface area contributed by atoms with Crippen molar-refractivity contribution in [3.63, 3.8) is 0 Å². The smallest absolute Gasteiger partial charge is 0.224 e. The van der Waals surface area contributed by atoms with Crippen LogP contribution >= 0.6 is 0 Å². The normalized spacial score (nSPS) is 25.0. The van der Waals surface area contributed by atoms with Gasteiger partial charge in [-0.15, -0.1) is 0 Å². The standard InChI is InChI=1S/C13H26N2O2/c1-4-11-10-15(13(16)7-9-17-3)8-6-12(11)14-5-2/h11-12,14H,4-10H2,1-3H3. The highest BCUT2D eigenvalue weighted by molar-refractivity contribution is 5.76. The molecule has 4 heteroatoms. The van der Waals surface area contributed by atoms with Gasteiger partial charge in [0.1, 0.15) is 0 Å². The van der Waals surface area contributed by atoms with Crippen molar-refractivity contribution in [3.05, 3.63) is 0 Å². The zero-order valence-electron chi connectivity index (χ0n) is 11.4. The van der Waals surface area contributed by atoms with Crippen LogP contribution in [-0.4, -0.2) is 50.2 Å². The van der Waals surface area contributed by atoms with Crippen LogP contribution in [0.25, 0.3) is 0 Å². The van der Waals surface area contributed by atoms with Gasteiger partial charge < -0.3 is 15.0 Å². The van der Waals surface area contributed by atoms with Crippen LogP contribution in [0.4, 0.5) is 0 Å². The monoisotopic (exact) mass is 242 g/mol.